The van der Waals surface area contributed by atoms with Crippen LogP contribution in [0.5, 0.6) is 0 Å². The van der Waals surface area contributed by atoms with Gasteiger partial charge >= 0.3 is 18.4 Å². The van der Waals surface area contributed by atoms with Gasteiger partial charge in [-0.05, 0) is 62.4 Å². The number of fused-ring (bicyclic) bond motifs is 1. The number of nitrogens with zero attached hydrogens (tertiary/aromatic N) is 3. The second kappa shape index (κ2) is 12.9. The molecule has 8 nitrogen and oxygen atoms in total. The molecule has 1 aromatic carbocycles. The van der Waals surface area contributed by atoms with Crippen LogP contribution in [-0.4, -0.2) is 70.5 Å². The SMILES string of the molecule is CC(C)CCN1CC2N(C(=O)OCc3cc(C(F)(F)F)cc(C(F)(F)F)c3)C(CCCCN)CC(=O)N2[C@@H](C)C1=O. The average molecular weight is 595 g/mol. The number of amides is 3. The fourth-order valence-electron chi connectivity index (χ4n) is 5.24. The average Bonchev–Trinajstić information content (AvgIpc) is 2.87. The summed E-state index contributed by atoms with van der Waals surface area (Å²) in [5.74, 6) is -0.314. The summed E-state index contributed by atoms with van der Waals surface area (Å²) in [5.41, 5.74) is 2.06. The van der Waals surface area contributed by atoms with Gasteiger partial charge in [-0.3, -0.25) is 14.5 Å². The summed E-state index contributed by atoms with van der Waals surface area (Å²) >= 11 is 0. The highest BCUT2D eigenvalue weighted by atomic mass is 19.4. The van der Waals surface area contributed by atoms with E-state index in [0.717, 1.165) is 0 Å². The van der Waals surface area contributed by atoms with Gasteiger partial charge in [0.2, 0.25) is 11.8 Å². The van der Waals surface area contributed by atoms with Gasteiger partial charge in [0.1, 0.15) is 18.8 Å². The lowest BCUT2D eigenvalue weighted by Gasteiger charge is -2.53. The van der Waals surface area contributed by atoms with Gasteiger partial charge in [-0.1, -0.05) is 20.3 Å². The number of rotatable bonds is 9. The Morgan fingerprint density at radius 3 is 2.20 bits per heavy atom. The number of piperazine rings is 1. The first-order valence-corrected chi connectivity index (χ1v) is 13.6. The monoisotopic (exact) mass is 594 g/mol. The highest BCUT2D eigenvalue weighted by Gasteiger charge is 2.50. The predicted molar refractivity (Wildman–Crippen MR) is 136 cm³/mol. The molecule has 2 saturated heterocycles. The smallest absolute Gasteiger partial charge is 0.416 e. The van der Waals surface area contributed by atoms with Crippen molar-refractivity contribution < 1.29 is 45.5 Å². The second-order valence-corrected chi connectivity index (χ2v) is 10.9. The minimum absolute atomic E-state index is 0.000899. The summed E-state index contributed by atoms with van der Waals surface area (Å²) in [6.07, 6.45) is -9.88. The minimum atomic E-state index is -5.05. The van der Waals surface area contributed by atoms with E-state index in [-0.39, 0.29) is 36.8 Å². The highest BCUT2D eigenvalue weighted by Crippen LogP contribution is 2.37. The Morgan fingerprint density at radius 1 is 1.05 bits per heavy atom. The van der Waals surface area contributed by atoms with Crippen LogP contribution in [0, 0.1) is 5.92 Å². The Morgan fingerprint density at radius 2 is 1.66 bits per heavy atom. The molecule has 41 heavy (non-hydrogen) atoms. The second-order valence-electron chi connectivity index (χ2n) is 10.9. The first-order valence-electron chi connectivity index (χ1n) is 13.6. The molecule has 2 heterocycles. The van der Waals surface area contributed by atoms with E-state index in [1.807, 2.05) is 13.8 Å². The van der Waals surface area contributed by atoms with Gasteiger partial charge in [-0.25, -0.2) is 4.79 Å². The van der Waals surface area contributed by atoms with E-state index < -0.39 is 60.0 Å². The fraction of sp³-hybridized carbons (Fsp3) is 0.667. The normalized spacial score (nSPS) is 21.9. The van der Waals surface area contributed by atoms with Crippen molar-refractivity contribution in [3.8, 4) is 0 Å². The van der Waals surface area contributed by atoms with E-state index in [1.165, 1.54) is 9.80 Å². The molecule has 0 aromatic heterocycles. The van der Waals surface area contributed by atoms with E-state index in [2.05, 4.69) is 0 Å². The van der Waals surface area contributed by atoms with Gasteiger partial charge in [0, 0.05) is 19.0 Å². The summed E-state index contributed by atoms with van der Waals surface area (Å²) in [6, 6.07) is -0.516. The predicted octanol–water partition coefficient (Wildman–Crippen LogP) is 5.00. The summed E-state index contributed by atoms with van der Waals surface area (Å²) in [4.78, 5) is 43.9. The van der Waals surface area contributed by atoms with Crippen LogP contribution in [0.15, 0.2) is 18.2 Å². The van der Waals surface area contributed by atoms with Gasteiger partial charge in [-0.15, -0.1) is 0 Å². The number of hydrogen-bond acceptors (Lipinski definition) is 5. The van der Waals surface area contributed by atoms with E-state index in [4.69, 9.17) is 10.5 Å². The van der Waals surface area contributed by atoms with Crippen LogP contribution in [0.1, 0.15) is 69.6 Å². The molecule has 3 atom stereocenters. The number of carbonyl (C=O) groups is 3. The van der Waals surface area contributed by atoms with Crippen LogP contribution in [0.3, 0.4) is 0 Å². The van der Waals surface area contributed by atoms with Crippen molar-refractivity contribution in [2.45, 2.75) is 90.1 Å². The number of carbonyl (C=O) groups excluding carboxylic acids is 3. The maximum Gasteiger partial charge on any atom is 0.416 e. The van der Waals surface area contributed by atoms with Crippen molar-refractivity contribution in [1.29, 1.82) is 0 Å². The molecule has 3 rings (SSSR count). The molecule has 0 spiro atoms. The molecule has 2 fully saturated rings. The number of unbranched alkanes of at least 4 members (excludes halogenated alkanes) is 1. The molecule has 2 aliphatic rings. The zero-order chi connectivity index (χ0) is 30.7. The maximum atomic E-state index is 13.5. The molecule has 2 unspecified atom stereocenters. The lowest BCUT2D eigenvalue weighted by Crippen LogP contribution is -2.72. The molecule has 2 aliphatic heterocycles. The van der Waals surface area contributed by atoms with Crippen molar-refractivity contribution in [3.63, 3.8) is 0 Å². The van der Waals surface area contributed by atoms with Gasteiger partial charge in [0.05, 0.1) is 17.7 Å². The van der Waals surface area contributed by atoms with Gasteiger partial charge in [0.25, 0.3) is 0 Å². The Balaban J connectivity index is 1.91. The number of ether oxygens (including phenoxy) is 1. The van der Waals surface area contributed by atoms with Crippen LogP contribution in [0.2, 0.25) is 0 Å². The molecule has 3 amide bonds. The van der Waals surface area contributed by atoms with E-state index in [9.17, 15) is 40.7 Å². The van der Waals surface area contributed by atoms with Crippen LogP contribution in [0.25, 0.3) is 0 Å². The molecular weight excluding hydrogens is 558 g/mol. The number of halogens is 6. The van der Waals surface area contributed by atoms with Crippen LogP contribution in [0.4, 0.5) is 31.1 Å². The Labute approximate surface area is 234 Å². The summed E-state index contributed by atoms with van der Waals surface area (Å²) in [5, 5.41) is 0. The Bertz CT molecular complexity index is 1080. The van der Waals surface area contributed by atoms with Crippen LogP contribution < -0.4 is 5.73 Å². The standard InChI is InChI=1S/C27H36F6N4O4/c1-16(2)7-9-35-14-22-36(17(3)24(35)39)23(38)13-21(6-4-5-8-34)37(22)25(40)41-15-18-10-19(26(28,29)30)12-20(11-18)27(31,32)33/h10-12,16-17,21-22H,4-9,13-15,34H2,1-3H3/t17-,21?,22?/m0/s1. The minimum Gasteiger partial charge on any atom is -0.444 e. The zero-order valence-electron chi connectivity index (χ0n) is 23.2. The van der Waals surface area contributed by atoms with Crippen molar-refractivity contribution in [2.24, 2.45) is 11.7 Å². The lowest BCUT2D eigenvalue weighted by atomic mass is 9.96. The van der Waals surface area contributed by atoms with Crippen LogP contribution in [-0.2, 0) is 33.3 Å². The number of hydrogen-bond donors (Lipinski definition) is 1. The van der Waals surface area contributed by atoms with Crippen molar-refractivity contribution in [2.75, 3.05) is 19.6 Å². The lowest BCUT2D eigenvalue weighted by molar-refractivity contribution is -0.171. The summed E-state index contributed by atoms with van der Waals surface area (Å²) < 4.78 is 85.1. The molecule has 0 saturated carbocycles. The molecule has 230 valence electrons. The van der Waals surface area contributed by atoms with Crippen molar-refractivity contribution >= 4 is 17.9 Å². The third-order valence-corrected chi connectivity index (χ3v) is 7.39. The third-order valence-electron chi connectivity index (χ3n) is 7.39. The molecule has 0 bridgehead atoms. The van der Waals surface area contributed by atoms with Crippen molar-refractivity contribution in [1.82, 2.24) is 14.7 Å². The maximum absolute atomic E-state index is 13.5. The molecular formula is C27H36F6N4O4. The first kappa shape index (κ1) is 32.5. The largest absolute Gasteiger partial charge is 0.444 e. The number of benzene rings is 1. The number of nitrogens with two attached hydrogens (primary N) is 1. The van der Waals surface area contributed by atoms with E-state index >= 15 is 0 Å². The van der Waals surface area contributed by atoms with E-state index in [1.54, 1.807) is 11.8 Å². The number of alkyl halides is 6. The molecule has 1 aromatic rings. The summed E-state index contributed by atoms with van der Waals surface area (Å²) in [6.45, 7) is 5.47. The topological polar surface area (TPSA) is 96.2 Å². The highest BCUT2D eigenvalue weighted by molar-refractivity contribution is 5.90. The molecule has 14 heteroatoms. The van der Waals surface area contributed by atoms with Crippen LogP contribution >= 0.6 is 0 Å². The van der Waals surface area contributed by atoms with E-state index in [0.29, 0.717) is 50.9 Å². The molecule has 2 N–H and O–H groups in total. The first-order chi connectivity index (χ1) is 19.0. The third kappa shape index (κ3) is 7.83. The van der Waals surface area contributed by atoms with Crippen molar-refractivity contribution in [3.05, 3.63) is 34.9 Å². The van der Waals surface area contributed by atoms with Gasteiger partial charge in [0.15, 0.2) is 0 Å². The van der Waals surface area contributed by atoms with Gasteiger partial charge in [-0.2, -0.15) is 26.3 Å². The molecule has 0 aliphatic carbocycles. The quantitative estimate of drug-likeness (QED) is 0.321. The Hall–Kier alpha value is -3.03. The Kier molecular flexibility index (Phi) is 10.2. The molecule has 0 radical (unpaired) electrons. The fourth-order valence-corrected chi connectivity index (χ4v) is 5.24. The summed E-state index contributed by atoms with van der Waals surface area (Å²) in [7, 11) is 0. The zero-order valence-corrected chi connectivity index (χ0v) is 23.2. The van der Waals surface area contributed by atoms with Gasteiger partial charge < -0.3 is 20.3 Å².